The van der Waals surface area contributed by atoms with Gasteiger partial charge in [0.1, 0.15) is 12.4 Å². The van der Waals surface area contributed by atoms with Gasteiger partial charge in [-0.25, -0.2) is 4.39 Å². The molecule has 2 fully saturated rings. The topological polar surface area (TPSA) is 71.1 Å². The van der Waals surface area contributed by atoms with Crippen LogP contribution in [0.3, 0.4) is 0 Å². The molecule has 2 heterocycles. The molecular weight excluding hydrogens is 341 g/mol. The van der Waals surface area contributed by atoms with E-state index in [0.717, 1.165) is 13.1 Å². The zero-order chi connectivity index (χ0) is 18.5. The van der Waals surface area contributed by atoms with Crippen molar-refractivity contribution in [2.75, 3.05) is 53.0 Å². The lowest BCUT2D eigenvalue weighted by Gasteiger charge is -2.38. The van der Waals surface area contributed by atoms with Crippen LogP contribution < -0.4 is 5.32 Å². The number of rotatable bonds is 5. The van der Waals surface area contributed by atoms with E-state index in [1.807, 2.05) is 0 Å². The highest BCUT2D eigenvalue weighted by Gasteiger charge is 2.41. The van der Waals surface area contributed by atoms with E-state index in [-0.39, 0.29) is 24.0 Å². The van der Waals surface area contributed by atoms with Crippen molar-refractivity contribution in [3.05, 3.63) is 35.6 Å². The first-order valence-electron chi connectivity index (χ1n) is 8.77. The average molecular weight is 365 g/mol. The van der Waals surface area contributed by atoms with E-state index in [9.17, 15) is 14.0 Å². The first kappa shape index (κ1) is 18.8. The second-order valence-corrected chi connectivity index (χ2v) is 6.45. The smallest absolute Gasteiger partial charge is 0.251 e. The number of likely N-dealkylation sites (N-methyl/N-ethyl adjacent to an activating group) is 1. The molecular formula is C18H24FN3O4. The zero-order valence-electron chi connectivity index (χ0n) is 14.8. The lowest BCUT2D eigenvalue weighted by atomic mass is 9.97. The van der Waals surface area contributed by atoms with Gasteiger partial charge in [0.25, 0.3) is 5.91 Å². The molecule has 3 rings (SSSR count). The summed E-state index contributed by atoms with van der Waals surface area (Å²) < 4.78 is 25.0. The van der Waals surface area contributed by atoms with Gasteiger partial charge in [0.05, 0.1) is 19.3 Å². The minimum Gasteiger partial charge on any atom is -0.379 e. The monoisotopic (exact) mass is 365 g/mol. The molecule has 1 aromatic rings. The van der Waals surface area contributed by atoms with E-state index < -0.39 is 18.0 Å². The summed E-state index contributed by atoms with van der Waals surface area (Å²) in [6.07, 6.45) is -0.945. The van der Waals surface area contributed by atoms with E-state index in [1.165, 1.54) is 11.0 Å². The van der Waals surface area contributed by atoms with Crippen LogP contribution in [0.1, 0.15) is 11.6 Å². The van der Waals surface area contributed by atoms with Crippen molar-refractivity contribution in [3.63, 3.8) is 0 Å². The van der Waals surface area contributed by atoms with Crippen LogP contribution in [0, 0.1) is 5.82 Å². The second-order valence-electron chi connectivity index (χ2n) is 6.45. The Balaban J connectivity index is 1.66. The molecule has 0 unspecified atom stereocenters. The highest BCUT2D eigenvalue weighted by atomic mass is 19.1. The van der Waals surface area contributed by atoms with E-state index >= 15 is 0 Å². The number of hydrogen-bond acceptors (Lipinski definition) is 5. The molecule has 0 bridgehead atoms. The molecule has 0 radical (unpaired) electrons. The summed E-state index contributed by atoms with van der Waals surface area (Å²) in [6, 6.07) is 5.35. The number of carbonyl (C=O) groups excluding carboxylic acids is 2. The van der Waals surface area contributed by atoms with Crippen LogP contribution in [0.2, 0.25) is 0 Å². The highest BCUT2D eigenvalue weighted by molar-refractivity contribution is 5.86. The van der Waals surface area contributed by atoms with Crippen LogP contribution in [0.5, 0.6) is 0 Å². The number of nitrogens with one attached hydrogen (secondary N) is 1. The van der Waals surface area contributed by atoms with E-state index in [2.05, 4.69) is 10.2 Å². The summed E-state index contributed by atoms with van der Waals surface area (Å²) in [5, 5.41) is 2.85. The van der Waals surface area contributed by atoms with Crippen LogP contribution in [0.15, 0.2) is 24.3 Å². The number of morpholine rings is 2. The summed E-state index contributed by atoms with van der Waals surface area (Å²) >= 11 is 0. The maximum atomic E-state index is 14.3. The minimum absolute atomic E-state index is 0.191. The third kappa shape index (κ3) is 4.20. The predicted molar refractivity (Wildman–Crippen MR) is 91.9 cm³/mol. The number of hydrogen-bond donors (Lipinski definition) is 1. The fourth-order valence-electron chi connectivity index (χ4n) is 3.28. The molecule has 0 aromatic heterocycles. The van der Waals surface area contributed by atoms with Crippen molar-refractivity contribution in [3.8, 4) is 0 Å². The first-order chi connectivity index (χ1) is 12.6. The highest BCUT2D eigenvalue weighted by Crippen LogP contribution is 2.30. The molecule has 0 saturated carbocycles. The molecule has 2 saturated heterocycles. The van der Waals surface area contributed by atoms with Gasteiger partial charge in [-0.15, -0.1) is 0 Å². The van der Waals surface area contributed by atoms with Crippen LogP contribution in [0.25, 0.3) is 0 Å². The third-order valence-electron chi connectivity index (χ3n) is 4.80. The van der Waals surface area contributed by atoms with Crippen LogP contribution in [-0.2, 0) is 19.1 Å². The number of benzene rings is 1. The van der Waals surface area contributed by atoms with Crippen molar-refractivity contribution in [2.45, 2.75) is 12.1 Å². The summed E-state index contributed by atoms with van der Waals surface area (Å²) in [5.74, 6) is -1.09. The predicted octanol–water partition coefficient (Wildman–Crippen LogP) is 0.172. The standard InChI is InChI=1S/C18H24FN3O4/c1-21-15(23)12-26-17(16(21)13-4-2-3-5-14(13)19)18(24)20-6-7-22-8-10-25-11-9-22/h2-5,16-17H,6-12H2,1H3,(H,20,24)/t16-,17+/m1/s1. The Hall–Kier alpha value is -2.03. The zero-order valence-corrected chi connectivity index (χ0v) is 14.8. The van der Waals surface area contributed by atoms with E-state index in [0.29, 0.717) is 26.3 Å². The minimum atomic E-state index is -0.945. The Morgan fingerprint density at radius 1 is 1.31 bits per heavy atom. The quantitative estimate of drug-likeness (QED) is 0.806. The SMILES string of the molecule is CN1C(=O)CO[C@H](C(=O)NCCN2CCOCC2)[C@H]1c1ccccc1F. The normalized spacial score (nSPS) is 24.5. The largest absolute Gasteiger partial charge is 0.379 e. The molecule has 2 aliphatic rings. The lowest BCUT2D eigenvalue weighted by Crippen LogP contribution is -2.54. The molecule has 2 aliphatic heterocycles. The number of halogens is 1. The molecule has 7 nitrogen and oxygen atoms in total. The Morgan fingerprint density at radius 3 is 2.77 bits per heavy atom. The maximum Gasteiger partial charge on any atom is 0.251 e. The van der Waals surface area contributed by atoms with E-state index in [1.54, 1.807) is 25.2 Å². The Bertz CT molecular complexity index is 651. The van der Waals surface area contributed by atoms with Gasteiger partial charge in [0.15, 0.2) is 6.10 Å². The van der Waals surface area contributed by atoms with Crippen LogP contribution >= 0.6 is 0 Å². The fourth-order valence-corrected chi connectivity index (χ4v) is 3.28. The van der Waals surface area contributed by atoms with Gasteiger partial charge in [-0.05, 0) is 6.07 Å². The van der Waals surface area contributed by atoms with Gasteiger partial charge in [0.2, 0.25) is 5.91 Å². The molecule has 1 aromatic carbocycles. The van der Waals surface area contributed by atoms with Crippen molar-refractivity contribution < 1.29 is 23.5 Å². The van der Waals surface area contributed by atoms with Gasteiger partial charge in [-0.2, -0.15) is 0 Å². The molecule has 2 amide bonds. The van der Waals surface area contributed by atoms with Crippen molar-refractivity contribution in [1.82, 2.24) is 15.1 Å². The summed E-state index contributed by atoms with van der Waals surface area (Å²) in [6.45, 7) is 4.05. The average Bonchev–Trinajstić information content (AvgIpc) is 2.65. The Labute approximate surface area is 152 Å². The molecule has 26 heavy (non-hydrogen) atoms. The number of nitrogens with zero attached hydrogens (tertiary/aromatic N) is 2. The molecule has 8 heteroatoms. The Kier molecular flexibility index (Phi) is 6.18. The summed E-state index contributed by atoms with van der Waals surface area (Å²) in [5.41, 5.74) is 0.274. The van der Waals surface area contributed by atoms with Crippen molar-refractivity contribution in [1.29, 1.82) is 0 Å². The van der Waals surface area contributed by atoms with Gasteiger partial charge in [0, 0.05) is 38.8 Å². The van der Waals surface area contributed by atoms with Crippen molar-refractivity contribution in [2.24, 2.45) is 0 Å². The Morgan fingerprint density at radius 2 is 2.04 bits per heavy atom. The van der Waals surface area contributed by atoms with Gasteiger partial charge < -0.3 is 19.7 Å². The van der Waals surface area contributed by atoms with E-state index in [4.69, 9.17) is 9.47 Å². The number of amides is 2. The van der Waals surface area contributed by atoms with Gasteiger partial charge in [-0.1, -0.05) is 18.2 Å². The fraction of sp³-hybridized carbons (Fsp3) is 0.556. The molecule has 1 N–H and O–H groups in total. The van der Waals surface area contributed by atoms with Crippen LogP contribution in [0.4, 0.5) is 4.39 Å². The molecule has 0 aliphatic carbocycles. The maximum absolute atomic E-state index is 14.3. The third-order valence-corrected chi connectivity index (χ3v) is 4.80. The molecule has 2 atom stereocenters. The number of carbonyl (C=O) groups is 2. The summed E-state index contributed by atoms with van der Waals surface area (Å²) in [4.78, 5) is 28.2. The second kappa shape index (κ2) is 8.57. The summed E-state index contributed by atoms with van der Waals surface area (Å²) in [7, 11) is 1.57. The van der Waals surface area contributed by atoms with Crippen molar-refractivity contribution >= 4 is 11.8 Å². The molecule has 142 valence electrons. The van der Waals surface area contributed by atoms with Gasteiger partial charge >= 0.3 is 0 Å². The molecule has 0 spiro atoms. The first-order valence-corrected chi connectivity index (χ1v) is 8.77. The lowest BCUT2D eigenvalue weighted by molar-refractivity contribution is -0.162. The van der Waals surface area contributed by atoms with Crippen LogP contribution in [-0.4, -0.2) is 80.8 Å². The van der Waals surface area contributed by atoms with Gasteiger partial charge in [-0.3, -0.25) is 14.5 Å². The number of ether oxygens (including phenoxy) is 2.